The summed E-state index contributed by atoms with van der Waals surface area (Å²) >= 11 is 0. The molecule has 24 heavy (non-hydrogen) atoms. The Morgan fingerprint density at radius 3 is 2.75 bits per heavy atom. The van der Waals surface area contributed by atoms with E-state index >= 15 is 0 Å². The van der Waals surface area contributed by atoms with Crippen LogP contribution in [0.5, 0.6) is 5.88 Å². The van der Waals surface area contributed by atoms with Crippen LogP contribution in [0.3, 0.4) is 0 Å². The number of hydrogen-bond donors (Lipinski definition) is 0. The van der Waals surface area contributed by atoms with E-state index in [9.17, 15) is 9.59 Å². The predicted octanol–water partition coefficient (Wildman–Crippen LogP) is 0.716. The van der Waals surface area contributed by atoms with Crippen LogP contribution in [0.4, 0.5) is 0 Å². The molecule has 1 saturated heterocycles. The Labute approximate surface area is 143 Å². The van der Waals surface area contributed by atoms with Gasteiger partial charge in [0.1, 0.15) is 5.56 Å². The lowest BCUT2D eigenvalue weighted by Crippen LogP contribution is -2.39. The third-order valence-corrected chi connectivity index (χ3v) is 4.02. The third kappa shape index (κ3) is 4.67. The standard InChI is InChI=1S/C17H26N4O3/c1-4-24-16-14(7-5-8-18-16)17(23)21-10-6-9-20(11-12-21)13-15(22)19(2)3/h5,7-8H,4,6,9-13H2,1-3H3. The summed E-state index contributed by atoms with van der Waals surface area (Å²) < 4.78 is 5.46. The van der Waals surface area contributed by atoms with Gasteiger partial charge < -0.3 is 14.5 Å². The normalized spacial score (nSPS) is 15.7. The van der Waals surface area contributed by atoms with Crippen LogP contribution in [0.15, 0.2) is 18.3 Å². The Hall–Kier alpha value is -2.15. The summed E-state index contributed by atoms with van der Waals surface area (Å²) in [6.45, 7) is 5.51. The van der Waals surface area contributed by atoms with E-state index in [4.69, 9.17) is 4.74 Å². The number of rotatable bonds is 5. The van der Waals surface area contributed by atoms with Crippen molar-refractivity contribution in [2.24, 2.45) is 0 Å². The molecule has 2 rings (SSSR count). The second-order valence-corrected chi connectivity index (χ2v) is 6.00. The molecule has 0 N–H and O–H groups in total. The average Bonchev–Trinajstić information content (AvgIpc) is 2.80. The lowest BCUT2D eigenvalue weighted by Gasteiger charge is -2.23. The van der Waals surface area contributed by atoms with Gasteiger partial charge in [-0.1, -0.05) is 0 Å². The van der Waals surface area contributed by atoms with Gasteiger partial charge in [0.2, 0.25) is 11.8 Å². The van der Waals surface area contributed by atoms with Gasteiger partial charge in [0.15, 0.2) is 0 Å². The number of hydrogen-bond acceptors (Lipinski definition) is 5. The first kappa shape index (κ1) is 18.2. The van der Waals surface area contributed by atoms with Gasteiger partial charge in [0.05, 0.1) is 13.2 Å². The van der Waals surface area contributed by atoms with Crippen molar-refractivity contribution in [1.82, 2.24) is 19.7 Å². The Balaban J connectivity index is 2.01. The van der Waals surface area contributed by atoms with Crippen LogP contribution in [0.25, 0.3) is 0 Å². The lowest BCUT2D eigenvalue weighted by molar-refractivity contribution is -0.129. The number of carbonyl (C=O) groups is 2. The fourth-order valence-corrected chi connectivity index (χ4v) is 2.64. The molecule has 0 radical (unpaired) electrons. The quantitative estimate of drug-likeness (QED) is 0.794. The Morgan fingerprint density at radius 1 is 1.25 bits per heavy atom. The summed E-state index contributed by atoms with van der Waals surface area (Å²) in [6, 6.07) is 3.49. The molecule has 1 fully saturated rings. The molecule has 0 aliphatic carbocycles. The molecule has 0 saturated carbocycles. The number of likely N-dealkylation sites (N-methyl/N-ethyl adjacent to an activating group) is 1. The number of ether oxygens (including phenoxy) is 1. The van der Waals surface area contributed by atoms with Crippen molar-refractivity contribution in [2.75, 3.05) is 53.4 Å². The minimum Gasteiger partial charge on any atom is -0.477 e. The van der Waals surface area contributed by atoms with E-state index in [1.165, 1.54) is 0 Å². The molecule has 0 spiro atoms. The molecule has 1 aliphatic rings. The number of nitrogens with zero attached hydrogens (tertiary/aromatic N) is 4. The van der Waals surface area contributed by atoms with E-state index < -0.39 is 0 Å². The molecule has 0 aromatic carbocycles. The van der Waals surface area contributed by atoms with E-state index in [2.05, 4.69) is 9.88 Å². The number of aromatic nitrogens is 1. The predicted molar refractivity (Wildman–Crippen MR) is 91.1 cm³/mol. The maximum atomic E-state index is 12.8. The average molecular weight is 334 g/mol. The summed E-state index contributed by atoms with van der Waals surface area (Å²) in [7, 11) is 3.52. The van der Waals surface area contributed by atoms with Crippen LogP contribution >= 0.6 is 0 Å². The molecule has 0 atom stereocenters. The van der Waals surface area contributed by atoms with Crippen LogP contribution in [-0.2, 0) is 4.79 Å². The molecule has 1 aromatic heterocycles. The number of pyridine rings is 1. The van der Waals surface area contributed by atoms with Gasteiger partial charge in [-0.15, -0.1) is 0 Å². The molecular formula is C17H26N4O3. The Bertz CT molecular complexity index is 577. The van der Waals surface area contributed by atoms with Gasteiger partial charge in [-0.05, 0) is 25.5 Å². The monoisotopic (exact) mass is 334 g/mol. The van der Waals surface area contributed by atoms with Gasteiger partial charge >= 0.3 is 0 Å². The molecular weight excluding hydrogens is 308 g/mol. The smallest absolute Gasteiger partial charge is 0.259 e. The topological polar surface area (TPSA) is 66.0 Å². The van der Waals surface area contributed by atoms with E-state index in [1.807, 2.05) is 11.8 Å². The van der Waals surface area contributed by atoms with Crippen LogP contribution in [0.1, 0.15) is 23.7 Å². The zero-order valence-electron chi connectivity index (χ0n) is 14.7. The van der Waals surface area contributed by atoms with Crippen molar-refractivity contribution in [3.05, 3.63) is 23.9 Å². The first-order valence-corrected chi connectivity index (χ1v) is 8.32. The van der Waals surface area contributed by atoms with Crippen molar-refractivity contribution in [2.45, 2.75) is 13.3 Å². The van der Waals surface area contributed by atoms with E-state index in [0.717, 1.165) is 13.0 Å². The van der Waals surface area contributed by atoms with Gasteiger partial charge in [-0.2, -0.15) is 0 Å². The van der Waals surface area contributed by atoms with Gasteiger partial charge in [-0.25, -0.2) is 4.98 Å². The molecule has 0 bridgehead atoms. The highest BCUT2D eigenvalue weighted by molar-refractivity contribution is 5.96. The van der Waals surface area contributed by atoms with Crippen LogP contribution in [-0.4, -0.2) is 84.9 Å². The Morgan fingerprint density at radius 2 is 2.04 bits per heavy atom. The molecule has 132 valence electrons. The minimum absolute atomic E-state index is 0.0627. The molecule has 7 heteroatoms. The Kier molecular flexibility index (Phi) is 6.54. The van der Waals surface area contributed by atoms with Crippen molar-refractivity contribution in [3.63, 3.8) is 0 Å². The van der Waals surface area contributed by atoms with Crippen molar-refractivity contribution < 1.29 is 14.3 Å². The minimum atomic E-state index is -0.0627. The summed E-state index contributed by atoms with van der Waals surface area (Å²) in [5.41, 5.74) is 0.497. The fourth-order valence-electron chi connectivity index (χ4n) is 2.64. The molecule has 0 unspecified atom stereocenters. The van der Waals surface area contributed by atoms with Crippen molar-refractivity contribution >= 4 is 11.8 Å². The highest BCUT2D eigenvalue weighted by atomic mass is 16.5. The second kappa shape index (κ2) is 8.63. The van der Waals surface area contributed by atoms with Gasteiger partial charge in [0.25, 0.3) is 5.91 Å². The van der Waals surface area contributed by atoms with E-state index in [0.29, 0.717) is 44.2 Å². The van der Waals surface area contributed by atoms with E-state index in [1.54, 1.807) is 37.3 Å². The van der Waals surface area contributed by atoms with Crippen LogP contribution in [0, 0.1) is 0 Å². The van der Waals surface area contributed by atoms with E-state index in [-0.39, 0.29) is 11.8 Å². The summed E-state index contributed by atoms with van der Waals surface area (Å²) in [5.74, 6) is 0.405. The number of carbonyl (C=O) groups excluding carboxylic acids is 2. The summed E-state index contributed by atoms with van der Waals surface area (Å²) in [5, 5.41) is 0. The SMILES string of the molecule is CCOc1ncccc1C(=O)N1CCCN(CC(=O)N(C)C)CC1. The molecule has 7 nitrogen and oxygen atoms in total. The molecule has 2 amide bonds. The highest BCUT2D eigenvalue weighted by Crippen LogP contribution is 2.18. The molecule has 2 heterocycles. The second-order valence-electron chi connectivity index (χ2n) is 6.00. The first-order chi connectivity index (χ1) is 11.5. The van der Waals surface area contributed by atoms with Gasteiger partial charge in [-0.3, -0.25) is 14.5 Å². The highest BCUT2D eigenvalue weighted by Gasteiger charge is 2.24. The van der Waals surface area contributed by atoms with Crippen molar-refractivity contribution in [1.29, 1.82) is 0 Å². The number of amides is 2. The van der Waals surface area contributed by atoms with Crippen LogP contribution in [0.2, 0.25) is 0 Å². The maximum absolute atomic E-state index is 12.8. The molecule has 1 aromatic rings. The zero-order chi connectivity index (χ0) is 17.5. The lowest BCUT2D eigenvalue weighted by atomic mass is 10.2. The molecule has 1 aliphatic heterocycles. The first-order valence-electron chi connectivity index (χ1n) is 8.32. The third-order valence-electron chi connectivity index (χ3n) is 4.02. The maximum Gasteiger partial charge on any atom is 0.259 e. The van der Waals surface area contributed by atoms with Crippen LogP contribution < -0.4 is 4.74 Å². The zero-order valence-corrected chi connectivity index (χ0v) is 14.7. The fraction of sp³-hybridized carbons (Fsp3) is 0.588. The largest absolute Gasteiger partial charge is 0.477 e. The summed E-state index contributed by atoms with van der Waals surface area (Å²) in [6.07, 6.45) is 2.47. The summed E-state index contributed by atoms with van der Waals surface area (Å²) in [4.78, 5) is 34.3. The van der Waals surface area contributed by atoms with Gasteiger partial charge in [0, 0.05) is 46.5 Å². The van der Waals surface area contributed by atoms with Crippen molar-refractivity contribution in [3.8, 4) is 5.88 Å².